The number of Topliss-reactive ketones (excluding diaryl/α,β-unsaturated/α-hetero) is 1. The second kappa shape index (κ2) is 11.1. The molecular formula is C27H37N3O3S. The minimum Gasteiger partial charge on any atom is -0.308 e. The fourth-order valence-corrected chi connectivity index (χ4v) is 6.44. The number of hydrogen-bond donors (Lipinski definition) is 1. The van der Waals surface area contributed by atoms with E-state index in [1.54, 1.807) is 22.5 Å². The molecule has 2 saturated heterocycles. The molecule has 0 amide bonds. The quantitative estimate of drug-likeness (QED) is 0.546. The molecule has 2 aliphatic heterocycles. The van der Waals surface area contributed by atoms with Crippen LogP contribution in [0.4, 0.5) is 0 Å². The summed E-state index contributed by atoms with van der Waals surface area (Å²) >= 11 is 0. The summed E-state index contributed by atoms with van der Waals surface area (Å²) in [5, 5.41) is 3.35. The summed E-state index contributed by atoms with van der Waals surface area (Å²) in [5.74, 6) is 0.461. The van der Waals surface area contributed by atoms with Gasteiger partial charge in [0.1, 0.15) is 0 Å². The molecular weight excluding hydrogens is 446 g/mol. The predicted molar refractivity (Wildman–Crippen MR) is 136 cm³/mol. The molecule has 2 aliphatic rings. The van der Waals surface area contributed by atoms with Crippen molar-refractivity contribution in [2.75, 3.05) is 39.3 Å². The lowest BCUT2D eigenvalue weighted by molar-refractivity contribution is 0.0987. The molecule has 2 aromatic rings. The number of aryl methyl sites for hydroxylation is 1. The van der Waals surface area contributed by atoms with Crippen molar-refractivity contribution < 1.29 is 13.2 Å². The van der Waals surface area contributed by atoms with Gasteiger partial charge in [0.15, 0.2) is 5.78 Å². The molecule has 0 spiro atoms. The molecule has 0 saturated carbocycles. The van der Waals surface area contributed by atoms with E-state index in [1.807, 2.05) is 0 Å². The van der Waals surface area contributed by atoms with E-state index in [2.05, 4.69) is 48.3 Å². The van der Waals surface area contributed by atoms with Gasteiger partial charge in [-0.1, -0.05) is 48.9 Å². The highest BCUT2D eigenvalue weighted by atomic mass is 32.2. The second-order valence-corrected chi connectivity index (χ2v) is 11.8. The van der Waals surface area contributed by atoms with Crippen molar-refractivity contribution in [2.24, 2.45) is 5.92 Å². The molecule has 34 heavy (non-hydrogen) atoms. The van der Waals surface area contributed by atoms with E-state index in [4.69, 9.17) is 0 Å². The molecule has 184 valence electrons. The van der Waals surface area contributed by atoms with Crippen LogP contribution in [-0.2, 0) is 10.0 Å². The first-order valence-corrected chi connectivity index (χ1v) is 13.9. The summed E-state index contributed by atoms with van der Waals surface area (Å²) in [7, 11) is -3.57. The number of ketones is 1. The van der Waals surface area contributed by atoms with E-state index >= 15 is 0 Å². The molecule has 1 unspecified atom stereocenters. The Balaban J connectivity index is 1.40. The molecule has 1 atom stereocenters. The van der Waals surface area contributed by atoms with Gasteiger partial charge in [0.25, 0.3) is 0 Å². The summed E-state index contributed by atoms with van der Waals surface area (Å²) in [4.78, 5) is 15.6. The third-order valence-corrected chi connectivity index (χ3v) is 9.10. The van der Waals surface area contributed by atoms with Gasteiger partial charge in [-0.3, -0.25) is 9.69 Å². The maximum atomic E-state index is 13.1. The largest absolute Gasteiger partial charge is 0.308 e. The Hall–Kier alpha value is -2.06. The maximum Gasteiger partial charge on any atom is 0.243 e. The topological polar surface area (TPSA) is 69.7 Å². The van der Waals surface area contributed by atoms with Crippen molar-refractivity contribution >= 4 is 15.8 Å². The smallest absolute Gasteiger partial charge is 0.243 e. The lowest BCUT2D eigenvalue weighted by atomic mass is 10.0. The van der Waals surface area contributed by atoms with Crippen molar-refractivity contribution in [2.45, 2.75) is 50.5 Å². The third-order valence-electron chi connectivity index (χ3n) is 7.20. The number of benzene rings is 2. The Morgan fingerprint density at radius 3 is 2.38 bits per heavy atom. The number of hydrogen-bond acceptors (Lipinski definition) is 5. The summed E-state index contributed by atoms with van der Waals surface area (Å²) < 4.78 is 27.7. The maximum absolute atomic E-state index is 13.1. The predicted octanol–water partition coefficient (Wildman–Crippen LogP) is 4.03. The molecule has 7 heteroatoms. The minimum atomic E-state index is -3.57. The normalized spacial score (nSPS) is 19.4. The third kappa shape index (κ3) is 5.95. The first-order chi connectivity index (χ1) is 16.3. The second-order valence-electron chi connectivity index (χ2n) is 9.84. The Kier molecular flexibility index (Phi) is 8.19. The standard InChI is InChI=1S/C27H37N3O3S/c1-21-8-10-23(11-9-21)26(29-14-3-4-15-29)19-28-20-27(31)24-6-5-7-25(18-24)34(32,33)30-16-12-22(2)13-17-30/h5-11,18,22,26,28H,3-4,12-17,19-20H2,1-2H3. The molecule has 4 rings (SSSR count). The van der Waals surface area contributed by atoms with Crippen LogP contribution in [0.15, 0.2) is 53.4 Å². The van der Waals surface area contributed by atoms with Crippen molar-refractivity contribution in [3.63, 3.8) is 0 Å². The van der Waals surface area contributed by atoms with Crippen LogP contribution in [0.1, 0.15) is 60.1 Å². The van der Waals surface area contributed by atoms with Gasteiger partial charge in [0.05, 0.1) is 11.4 Å². The number of carbonyl (C=O) groups excluding carboxylic acids is 1. The highest BCUT2D eigenvalue weighted by Gasteiger charge is 2.28. The number of piperidine rings is 1. The molecule has 2 aromatic carbocycles. The van der Waals surface area contributed by atoms with Crippen molar-refractivity contribution in [3.05, 3.63) is 65.2 Å². The Morgan fingerprint density at radius 1 is 1.03 bits per heavy atom. The van der Waals surface area contributed by atoms with Gasteiger partial charge >= 0.3 is 0 Å². The van der Waals surface area contributed by atoms with E-state index in [1.165, 1.54) is 30.0 Å². The number of nitrogens with one attached hydrogen (secondary N) is 1. The SMILES string of the molecule is Cc1ccc(C(CNCC(=O)c2cccc(S(=O)(=O)N3CCC(C)CC3)c2)N2CCCC2)cc1. The molecule has 2 fully saturated rings. The van der Waals surface area contributed by atoms with E-state index in [-0.39, 0.29) is 23.3 Å². The fraction of sp³-hybridized carbons (Fsp3) is 0.519. The number of rotatable bonds is 9. The summed E-state index contributed by atoms with van der Waals surface area (Å²) in [6, 6.07) is 15.4. The summed E-state index contributed by atoms with van der Waals surface area (Å²) in [6.07, 6.45) is 4.17. The molecule has 0 bridgehead atoms. The molecule has 0 aliphatic carbocycles. The first-order valence-electron chi connectivity index (χ1n) is 12.5. The van der Waals surface area contributed by atoms with Gasteiger partial charge in [-0.05, 0) is 69.3 Å². The van der Waals surface area contributed by atoms with Crippen molar-refractivity contribution in [3.8, 4) is 0 Å². The van der Waals surface area contributed by atoms with Crippen LogP contribution in [0.5, 0.6) is 0 Å². The summed E-state index contributed by atoms with van der Waals surface area (Å²) in [6.45, 7) is 8.34. The van der Waals surface area contributed by atoms with Crippen molar-refractivity contribution in [1.29, 1.82) is 0 Å². The van der Waals surface area contributed by atoms with Crippen LogP contribution in [0, 0.1) is 12.8 Å². The zero-order valence-corrected chi connectivity index (χ0v) is 21.2. The average molecular weight is 484 g/mol. The average Bonchev–Trinajstić information content (AvgIpc) is 3.37. The number of sulfonamides is 1. The van der Waals surface area contributed by atoms with Gasteiger partial charge in [-0.25, -0.2) is 8.42 Å². The number of likely N-dealkylation sites (tertiary alicyclic amines) is 1. The van der Waals surface area contributed by atoms with Crippen molar-refractivity contribution in [1.82, 2.24) is 14.5 Å². The van der Waals surface area contributed by atoms with Crippen LogP contribution in [0.2, 0.25) is 0 Å². The molecule has 6 nitrogen and oxygen atoms in total. The lowest BCUT2D eigenvalue weighted by Crippen LogP contribution is -2.38. The van der Waals surface area contributed by atoms with Gasteiger partial charge in [-0.15, -0.1) is 0 Å². The minimum absolute atomic E-state index is 0.0894. The Labute approximate surface area is 204 Å². The molecule has 0 aromatic heterocycles. The van der Waals surface area contributed by atoms with Gasteiger partial charge < -0.3 is 5.32 Å². The van der Waals surface area contributed by atoms with E-state index in [9.17, 15) is 13.2 Å². The lowest BCUT2D eigenvalue weighted by Gasteiger charge is -2.29. The van der Waals surface area contributed by atoms with E-state index in [0.29, 0.717) is 31.1 Å². The number of carbonyl (C=O) groups is 1. The first kappa shape index (κ1) is 25.0. The highest BCUT2D eigenvalue weighted by Crippen LogP contribution is 2.26. The van der Waals surface area contributed by atoms with Crippen LogP contribution in [-0.4, -0.2) is 62.7 Å². The zero-order chi connectivity index (χ0) is 24.1. The van der Waals surface area contributed by atoms with Crippen LogP contribution in [0.25, 0.3) is 0 Å². The number of nitrogens with zero attached hydrogens (tertiary/aromatic N) is 2. The Morgan fingerprint density at radius 2 is 1.71 bits per heavy atom. The van der Waals surface area contributed by atoms with E-state index < -0.39 is 10.0 Å². The van der Waals surface area contributed by atoms with Gasteiger partial charge in [0.2, 0.25) is 10.0 Å². The highest BCUT2D eigenvalue weighted by molar-refractivity contribution is 7.89. The summed E-state index contributed by atoms with van der Waals surface area (Å²) in [5.41, 5.74) is 2.93. The molecule has 1 N–H and O–H groups in total. The van der Waals surface area contributed by atoms with Crippen LogP contribution >= 0.6 is 0 Å². The van der Waals surface area contributed by atoms with Gasteiger partial charge in [0, 0.05) is 31.2 Å². The fourth-order valence-electron chi connectivity index (χ4n) is 4.93. The van der Waals surface area contributed by atoms with Gasteiger partial charge in [-0.2, -0.15) is 4.31 Å². The Bertz CT molecular complexity index is 1070. The molecule has 0 radical (unpaired) electrons. The molecule has 2 heterocycles. The van der Waals surface area contributed by atoms with Crippen LogP contribution in [0.3, 0.4) is 0 Å². The van der Waals surface area contributed by atoms with E-state index in [0.717, 1.165) is 25.9 Å². The zero-order valence-electron chi connectivity index (χ0n) is 20.4. The monoisotopic (exact) mass is 483 g/mol. The van der Waals surface area contributed by atoms with Crippen LogP contribution < -0.4 is 5.32 Å².